The molecule has 1 amide bonds. The van der Waals surface area contributed by atoms with E-state index in [1.165, 1.54) is 12.3 Å². The minimum absolute atomic E-state index is 0.275. The van der Waals surface area contributed by atoms with E-state index in [1.807, 2.05) is 13.8 Å². The summed E-state index contributed by atoms with van der Waals surface area (Å²) in [6.07, 6.45) is 1.35. The van der Waals surface area contributed by atoms with E-state index in [1.54, 1.807) is 0 Å². The van der Waals surface area contributed by atoms with E-state index < -0.39 is 5.91 Å². The first-order valence-electron chi connectivity index (χ1n) is 4.59. The molecule has 0 unspecified atom stereocenters. The Morgan fingerprint density at radius 1 is 1.67 bits per heavy atom. The second kappa shape index (κ2) is 4.98. The van der Waals surface area contributed by atoms with Crippen molar-refractivity contribution < 1.29 is 9.53 Å². The molecule has 0 aliphatic carbocycles. The Balaban J connectivity index is 2.79. The fraction of sp³-hybridized carbons (Fsp3) is 0.400. The molecule has 0 fully saturated rings. The Hall–Kier alpha value is -1.29. The van der Waals surface area contributed by atoms with Gasteiger partial charge in [-0.15, -0.1) is 0 Å². The summed E-state index contributed by atoms with van der Waals surface area (Å²) in [5.74, 6) is 0.161. The molecule has 2 N–H and O–H groups in total. The summed E-state index contributed by atoms with van der Waals surface area (Å²) in [6.45, 7) is 4.57. The zero-order valence-electron chi connectivity index (χ0n) is 8.66. The van der Waals surface area contributed by atoms with Gasteiger partial charge in [-0.2, -0.15) is 0 Å². The van der Waals surface area contributed by atoms with Crippen molar-refractivity contribution in [3.05, 3.63) is 22.8 Å². The van der Waals surface area contributed by atoms with E-state index in [0.717, 1.165) is 0 Å². The van der Waals surface area contributed by atoms with E-state index in [0.29, 0.717) is 23.4 Å². The van der Waals surface area contributed by atoms with E-state index in [-0.39, 0.29) is 5.56 Å². The Morgan fingerprint density at radius 3 is 2.80 bits per heavy atom. The molecule has 82 valence electrons. The van der Waals surface area contributed by atoms with Gasteiger partial charge in [-0.3, -0.25) is 4.79 Å². The number of pyridine rings is 1. The zero-order valence-corrected chi connectivity index (χ0v) is 9.41. The van der Waals surface area contributed by atoms with Crippen LogP contribution in [0.15, 0.2) is 12.3 Å². The maximum atomic E-state index is 10.8. The van der Waals surface area contributed by atoms with Crippen molar-refractivity contribution in [1.82, 2.24) is 4.98 Å². The van der Waals surface area contributed by atoms with Gasteiger partial charge in [-0.05, 0) is 12.0 Å². The third-order valence-corrected chi connectivity index (χ3v) is 1.92. The van der Waals surface area contributed by atoms with Crippen LogP contribution in [0.25, 0.3) is 0 Å². The highest BCUT2D eigenvalue weighted by Crippen LogP contribution is 2.22. The van der Waals surface area contributed by atoms with Gasteiger partial charge in [0.25, 0.3) is 0 Å². The number of ether oxygens (including phenoxy) is 1. The molecule has 0 aliphatic heterocycles. The largest absolute Gasteiger partial charge is 0.476 e. The van der Waals surface area contributed by atoms with E-state index >= 15 is 0 Å². The van der Waals surface area contributed by atoms with Crippen molar-refractivity contribution in [2.24, 2.45) is 11.7 Å². The SMILES string of the molecule is CC(C)COc1ncc(C(N)=O)cc1Cl. The molecule has 0 atom stereocenters. The molecule has 1 rings (SSSR count). The zero-order chi connectivity index (χ0) is 11.4. The Bertz CT molecular complexity index is 366. The minimum Gasteiger partial charge on any atom is -0.476 e. The van der Waals surface area contributed by atoms with Crippen LogP contribution >= 0.6 is 11.6 Å². The number of carbonyl (C=O) groups excluding carboxylic acids is 1. The summed E-state index contributed by atoms with van der Waals surface area (Å²) in [5.41, 5.74) is 5.35. The van der Waals surface area contributed by atoms with E-state index in [4.69, 9.17) is 22.1 Å². The molecule has 1 aromatic heterocycles. The highest BCUT2D eigenvalue weighted by Gasteiger charge is 2.08. The fourth-order valence-electron chi connectivity index (χ4n) is 0.912. The van der Waals surface area contributed by atoms with Crippen molar-refractivity contribution in [3.63, 3.8) is 0 Å². The molecule has 0 saturated carbocycles. The molecule has 0 spiro atoms. The Labute approximate surface area is 93.4 Å². The van der Waals surface area contributed by atoms with Crippen molar-refractivity contribution in [2.75, 3.05) is 6.61 Å². The first kappa shape index (κ1) is 11.8. The van der Waals surface area contributed by atoms with Crippen molar-refractivity contribution in [2.45, 2.75) is 13.8 Å². The second-order valence-electron chi connectivity index (χ2n) is 3.58. The Kier molecular flexibility index (Phi) is 3.91. The number of rotatable bonds is 4. The number of aromatic nitrogens is 1. The van der Waals surface area contributed by atoms with Crippen LogP contribution in [-0.4, -0.2) is 17.5 Å². The molecule has 1 heterocycles. The van der Waals surface area contributed by atoms with Crippen LogP contribution in [-0.2, 0) is 0 Å². The number of halogens is 1. The Morgan fingerprint density at radius 2 is 2.33 bits per heavy atom. The third-order valence-electron chi connectivity index (χ3n) is 1.65. The van der Waals surface area contributed by atoms with Crippen LogP contribution in [0.3, 0.4) is 0 Å². The van der Waals surface area contributed by atoms with Crippen molar-refractivity contribution in [1.29, 1.82) is 0 Å². The topological polar surface area (TPSA) is 65.2 Å². The molecule has 15 heavy (non-hydrogen) atoms. The molecule has 4 nitrogen and oxygen atoms in total. The summed E-state index contributed by atoms with van der Waals surface area (Å²) < 4.78 is 5.34. The molecular weight excluding hydrogens is 216 g/mol. The number of carbonyl (C=O) groups is 1. The number of hydrogen-bond acceptors (Lipinski definition) is 3. The molecule has 1 aromatic rings. The lowest BCUT2D eigenvalue weighted by atomic mass is 10.2. The van der Waals surface area contributed by atoms with Gasteiger partial charge in [0.15, 0.2) is 0 Å². The van der Waals surface area contributed by atoms with Crippen molar-refractivity contribution in [3.8, 4) is 5.88 Å². The van der Waals surface area contributed by atoms with Crippen LogP contribution < -0.4 is 10.5 Å². The number of nitrogens with zero attached hydrogens (tertiary/aromatic N) is 1. The summed E-state index contributed by atoms with van der Waals surface area (Å²) >= 11 is 5.86. The summed E-state index contributed by atoms with van der Waals surface area (Å²) in [7, 11) is 0. The molecule has 0 saturated heterocycles. The van der Waals surface area contributed by atoms with Crippen LogP contribution in [0.2, 0.25) is 5.02 Å². The molecule has 0 radical (unpaired) electrons. The van der Waals surface area contributed by atoms with Gasteiger partial charge in [0, 0.05) is 6.20 Å². The summed E-state index contributed by atoms with van der Waals surface area (Å²) in [6, 6.07) is 1.45. The van der Waals surface area contributed by atoms with Crippen LogP contribution in [0.1, 0.15) is 24.2 Å². The maximum absolute atomic E-state index is 10.8. The smallest absolute Gasteiger partial charge is 0.250 e. The van der Waals surface area contributed by atoms with Gasteiger partial charge in [0.05, 0.1) is 12.2 Å². The lowest BCUT2D eigenvalue weighted by Crippen LogP contribution is -2.12. The van der Waals surface area contributed by atoms with Crippen LogP contribution in [0.5, 0.6) is 5.88 Å². The highest BCUT2D eigenvalue weighted by molar-refractivity contribution is 6.32. The standard InChI is InChI=1S/C10H13ClN2O2/c1-6(2)5-15-10-8(11)3-7(4-13-10)9(12)14/h3-4,6H,5H2,1-2H3,(H2,12,14). The highest BCUT2D eigenvalue weighted by atomic mass is 35.5. The van der Waals surface area contributed by atoms with Crippen LogP contribution in [0, 0.1) is 5.92 Å². The monoisotopic (exact) mass is 228 g/mol. The van der Waals surface area contributed by atoms with E-state index in [2.05, 4.69) is 4.98 Å². The lowest BCUT2D eigenvalue weighted by molar-refractivity contribution is 0.1000. The average molecular weight is 229 g/mol. The van der Waals surface area contributed by atoms with Gasteiger partial charge < -0.3 is 10.5 Å². The normalized spacial score (nSPS) is 10.4. The van der Waals surface area contributed by atoms with Gasteiger partial charge in [0.1, 0.15) is 5.02 Å². The molecule has 5 heteroatoms. The van der Waals surface area contributed by atoms with Gasteiger partial charge in [-0.25, -0.2) is 4.98 Å². The predicted molar refractivity (Wildman–Crippen MR) is 58.1 cm³/mol. The summed E-state index contributed by atoms with van der Waals surface area (Å²) in [5, 5.41) is 0.298. The van der Waals surface area contributed by atoms with Crippen LogP contribution in [0.4, 0.5) is 0 Å². The van der Waals surface area contributed by atoms with Gasteiger partial charge in [-0.1, -0.05) is 25.4 Å². The molecular formula is C10H13ClN2O2. The van der Waals surface area contributed by atoms with Gasteiger partial charge >= 0.3 is 0 Å². The minimum atomic E-state index is -0.556. The number of amides is 1. The van der Waals surface area contributed by atoms with E-state index in [9.17, 15) is 4.79 Å². The second-order valence-corrected chi connectivity index (χ2v) is 3.99. The fourth-order valence-corrected chi connectivity index (χ4v) is 1.13. The maximum Gasteiger partial charge on any atom is 0.250 e. The molecule has 0 aromatic carbocycles. The number of nitrogens with two attached hydrogens (primary N) is 1. The third kappa shape index (κ3) is 3.40. The molecule has 0 aliphatic rings. The molecule has 0 bridgehead atoms. The number of primary amides is 1. The first-order chi connectivity index (χ1) is 7.00. The average Bonchev–Trinajstić information content (AvgIpc) is 2.15. The quantitative estimate of drug-likeness (QED) is 0.856. The summed E-state index contributed by atoms with van der Waals surface area (Å²) in [4.78, 5) is 14.7. The number of hydrogen-bond donors (Lipinski definition) is 1. The lowest BCUT2D eigenvalue weighted by Gasteiger charge is -2.09. The first-order valence-corrected chi connectivity index (χ1v) is 4.96. The van der Waals surface area contributed by atoms with Gasteiger partial charge in [0.2, 0.25) is 11.8 Å². The van der Waals surface area contributed by atoms with Crippen molar-refractivity contribution >= 4 is 17.5 Å². The predicted octanol–water partition coefficient (Wildman–Crippen LogP) is 1.87.